The minimum Gasteiger partial charge on any atom is -0.481 e. The van der Waals surface area contributed by atoms with Crippen LogP contribution in [0, 0.1) is 5.92 Å². The Hall–Kier alpha value is -2.05. The molecule has 0 radical (unpaired) electrons. The number of rotatable bonds is 5. The van der Waals surface area contributed by atoms with Gasteiger partial charge < -0.3 is 9.30 Å². The van der Waals surface area contributed by atoms with Crippen molar-refractivity contribution in [2.24, 2.45) is 5.92 Å². The Morgan fingerprint density at radius 1 is 1.18 bits per heavy atom. The normalized spacial score (nSPS) is 21.9. The average Bonchev–Trinajstić information content (AvgIpc) is 3.13. The Labute approximate surface area is 197 Å². The molecule has 1 aliphatic carbocycles. The summed E-state index contributed by atoms with van der Waals surface area (Å²) < 4.78 is 48.1. The maximum Gasteiger partial charge on any atom is 0.214 e. The molecule has 2 heterocycles. The van der Waals surface area contributed by atoms with Crippen molar-refractivity contribution in [1.29, 1.82) is 0 Å². The van der Waals surface area contributed by atoms with E-state index in [1.165, 1.54) is 25.4 Å². The van der Waals surface area contributed by atoms with Crippen molar-refractivity contribution in [3.05, 3.63) is 42.4 Å². The van der Waals surface area contributed by atoms with E-state index in [0.717, 1.165) is 30.7 Å². The zero-order chi connectivity index (χ0) is 24.0. The Morgan fingerprint density at radius 2 is 1.85 bits per heavy atom. The highest BCUT2D eigenvalue weighted by molar-refractivity contribution is 7.91. The predicted octanol–water partition coefficient (Wildman–Crippen LogP) is 5.30. The van der Waals surface area contributed by atoms with Gasteiger partial charge in [-0.2, -0.15) is 0 Å². The van der Waals surface area contributed by atoms with Gasteiger partial charge in [-0.05, 0) is 55.9 Å². The maximum absolute atomic E-state index is 14.3. The van der Waals surface area contributed by atoms with Crippen LogP contribution < -0.4 is 4.74 Å². The molecule has 33 heavy (non-hydrogen) atoms. The van der Waals surface area contributed by atoms with Gasteiger partial charge in [0.15, 0.2) is 0 Å². The number of ether oxygens (including phenoxy) is 1. The molecule has 1 saturated carbocycles. The molecule has 178 valence electrons. The SMILES string of the molecule is COc1cc(S(=O)(=O)c2ccc3c(c2)nc(C(C)(C)C)n3CC2CCC(F)(P)CC2)ccn1. The second-order valence-electron chi connectivity index (χ2n) is 9.96. The monoisotopic (exact) mass is 491 g/mol. The number of nitrogens with zero attached hydrogens (tertiary/aromatic N) is 3. The third-order valence-corrected chi connectivity index (χ3v) is 8.63. The minimum absolute atomic E-state index is 0.124. The zero-order valence-corrected chi connectivity index (χ0v) is 21.5. The quantitative estimate of drug-likeness (QED) is 0.453. The summed E-state index contributed by atoms with van der Waals surface area (Å²) in [6.45, 7) is 7.04. The molecule has 1 unspecified atom stereocenters. The van der Waals surface area contributed by atoms with Crippen LogP contribution in [-0.2, 0) is 21.8 Å². The van der Waals surface area contributed by atoms with E-state index in [4.69, 9.17) is 9.72 Å². The van der Waals surface area contributed by atoms with Crippen LogP contribution in [0.4, 0.5) is 4.39 Å². The third kappa shape index (κ3) is 4.92. The second-order valence-corrected chi connectivity index (χ2v) is 12.9. The topological polar surface area (TPSA) is 74.1 Å². The molecule has 0 N–H and O–H groups in total. The van der Waals surface area contributed by atoms with Gasteiger partial charge in [0.1, 0.15) is 11.2 Å². The standard InChI is InChI=1S/C24H31FN3O3PS/c1-23(2,3)22-27-19-13-17(33(29,30)18-9-12-26-21(14-18)31-4)5-6-20(19)28(22)15-16-7-10-24(25,32)11-8-16/h5-6,9,12-14,16H,7-8,10-11,15,32H2,1-4H3. The lowest BCUT2D eigenvalue weighted by Gasteiger charge is -2.32. The van der Waals surface area contributed by atoms with Crippen LogP contribution in [0.5, 0.6) is 5.88 Å². The first-order valence-electron chi connectivity index (χ1n) is 11.1. The Kier molecular flexibility index (Phi) is 6.29. The highest BCUT2D eigenvalue weighted by atomic mass is 32.2. The Bertz CT molecular complexity index is 1270. The fraction of sp³-hybridized carbons (Fsp3) is 0.500. The lowest BCUT2D eigenvalue weighted by Crippen LogP contribution is -2.27. The molecule has 4 rings (SSSR count). The number of halogens is 1. The first-order valence-corrected chi connectivity index (χ1v) is 13.2. The molecule has 1 atom stereocenters. The molecule has 0 aliphatic heterocycles. The zero-order valence-electron chi connectivity index (χ0n) is 19.5. The highest BCUT2D eigenvalue weighted by Gasteiger charge is 2.32. The molecule has 0 amide bonds. The molecule has 9 heteroatoms. The number of fused-ring (bicyclic) bond motifs is 1. The molecule has 1 aromatic carbocycles. The lowest BCUT2D eigenvalue weighted by molar-refractivity contribution is 0.164. The van der Waals surface area contributed by atoms with Crippen molar-refractivity contribution in [3.8, 4) is 5.88 Å². The number of aromatic nitrogens is 3. The van der Waals surface area contributed by atoms with Crippen LogP contribution in [0.15, 0.2) is 46.3 Å². The summed E-state index contributed by atoms with van der Waals surface area (Å²) in [7, 11) is 0.0483. The molecule has 1 aliphatic rings. The number of methoxy groups -OCH3 is 1. The van der Waals surface area contributed by atoms with Gasteiger partial charge in [0.05, 0.1) is 27.9 Å². The summed E-state index contributed by atoms with van der Waals surface area (Å²) in [5.74, 6) is 1.51. The number of benzene rings is 1. The first-order chi connectivity index (χ1) is 15.4. The van der Waals surface area contributed by atoms with E-state index in [-0.39, 0.29) is 21.1 Å². The summed E-state index contributed by atoms with van der Waals surface area (Å²) >= 11 is 0. The molecule has 6 nitrogen and oxygen atoms in total. The number of pyridine rings is 1. The molecule has 0 bridgehead atoms. The predicted molar refractivity (Wildman–Crippen MR) is 130 cm³/mol. The summed E-state index contributed by atoms with van der Waals surface area (Å²) in [5, 5.41) is -1.15. The van der Waals surface area contributed by atoms with E-state index >= 15 is 0 Å². The van der Waals surface area contributed by atoms with E-state index in [1.54, 1.807) is 12.1 Å². The van der Waals surface area contributed by atoms with Gasteiger partial charge in [-0.15, -0.1) is 0 Å². The maximum atomic E-state index is 14.3. The van der Waals surface area contributed by atoms with Crippen LogP contribution >= 0.6 is 9.24 Å². The van der Waals surface area contributed by atoms with Crippen molar-refractivity contribution in [1.82, 2.24) is 14.5 Å². The summed E-state index contributed by atoms with van der Waals surface area (Å²) in [6.07, 6.45) is 4.14. The van der Waals surface area contributed by atoms with Crippen molar-refractivity contribution in [2.45, 2.75) is 73.6 Å². The first kappa shape index (κ1) is 24.1. The van der Waals surface area contributed by atoms with Crippen LogP contribution in [0.1, 0.15) is 52.3 Å². The van der Waals surface area contributed by atoms with Crippen LogP contribution in [0.25, 0.3) is 11.0 Å². The number of hydrogen-bond acceptors (Lipinski definition) is 5. The molecule has 0 saturated heterocycles. The van der Waals surface area contributed by atoms with Crippen LogP contribution in [-0.4, -0.2) is 35.5 Å². The van der Waals surface area contributed by atoms with Gasteiger partial charge in [0.2, 0.25) is 15.7 Å². The van der Waals surface area contributed by atoms with Crippen LogP contribution in [0.3, 0.4) is 0 Å². The van der Waals surface area contributed by atoms with E-state index in [9.17, 15) is 12.8 Å². The number of sulfone groups is 1. The smallest absolute Gasteiger partial charge is 0.214 e. The lowest BCUT2D eigenvalue weighted by atomic mass is 9.87. The summed E-state index contributed by atoms with van der Waals surface area (Å²) in [4.78, 5) is 9.16. The third-order valence-electron chi connectivity index (χ3n) is 6.30. The average molecular weight is 492 g/mol. The van der Waals surface area contributed by atoms with Gasteiger partial charge in [-0.1, -0.05) is 30.0 Å². The fourth-order valence-corrected chi connectivity index (χ4v) is 6.05. The minimum atomic E-state index is -3.76. The molecular weight excluding hydrogens is 460 g/mol. The van der Waals surface area contributed by atoms with Crippen LogP contribution in [0.2, 0.25) is 0 Å². The fourth-order valence-electron chi connectivity index (χ4n) is 4.44. The van der Waals surface area contributed by atoms with Gasteiger partial charge in [-0.3, -0.25) is 0 Å². The van der Waals surface area contributed by atoms with Crippen molar-refractivity contribution in [2.75, 3.05) is 7.11 Å². The molecule has 3 aromatic rings. The summed E-state index contributed by atoms with van der Waals surface area (Å²) in [6, 6.07) is 7.98. The van der Waals surface area contributed by atoms with Crippen molar-refractivity contribution < 1.29 is 17.5 Å². The van der Waals surface area contributed by atoms with Gasteiger partial charge in [0, 0.05) is 24.2 Å². The number of hydrogen-bond donors (Lipinski definition) is 0. The second kappa shape index (κ2) is 8.62. The van der Waals surface area contributed by atoms with Crippen molar-refractivity contribution >= 4 is 30.1 Å². The highest BCUT2D eigenvalue weighted by Crippen LogP contribution is 2.41. The Balaban J connectivity index is 1.74. The van der Waals surface area contributed by atoms with E-state index in [2.05, 4.69) is 39.6 Å². The van der Waals surface area contributed by atoms with Gasteiger partial charge in [0.25, 0.3) is 0 Å². The summed E-state index contributed by atoms with van der Waals surface area (Å²) in [5.41, 5.74) is 1.31. The van der Waals surface area contributed by atoms with Gasteiger partial charge in [-0.25, -0.2) is 22.8 Å². The van der Waals surface area contributed by atoms with Gasteiger partial charge >= 0.3 is 0 Å². The molecule has 1 fully saturated rings. The number of imidazole rings is 1. The van der Waals surface area contributed by atoms with E-state index < -0.39 is 15.2 Å². The number of alkyl halides is 1. The van der Waals surface area contributed by atoms with E-state index in [1.807, 2.05) is 6.07 Å². The largest absolute Gasteiger partial charge is 0.481 e. The van der Waals surface area contributed by atoms with E-state index in [0.29, 0.717) is 24.3 Å². The van der Waals surface area contributed by atoms with Crippen molar-refractivity contribution in [3.63, 3.8) is 0 Å². The Morgan fingerprint density at radius 3 is 2.48 bits per heavy atom. The molecular formula is C24H31FN3O3PS. The molecule has 0 spiro atoms. The molecule has 2 aromatic heterocycles.